The SMILES string of the molecule is COc1ccccc1-c1nc(C#N)c2c(n1)CCNC2. The lowest BCUT2D eigenvalue weighted by Crippen LogP contribution is -2.26. The molecule has 0 atom stereocenters. The Labute approximate surface area is 117 Å². The number of ether oxygens (including phenoxy) is 1. The summed E-state index contributed by atoms with van der Waals surface area (Å²) < 4.78 is 5.34. The summed E-state index contributed by atoms with van der Waals surface area (Å²) in [5, 5.41) is 12.5. The molecule has 0 saturated carbocycles. The molecule has 0 unspecified atom stereocenters. The summed E-state index contributed by atoms with van der Waals surface area (Å²) in [4.78, 5) is 9.01. The number of para-hydroxylation sites is 1. The average Bonchev–Trinajstić information content (AvgIpc) is 2.53. The molecule has 5 nitrogen and oxygen atoms in total. The lowest BCUT2D eigenvalue weighted by molar-refractivity contribution is 0.416. The van der Waals surface area contributed by atoms with Gasteiger partial charge in [0.2, 0.25) is 0 Å². The van der Waals surface area contributed by atoms with Gasteiger partial charge in [0.1, 0.15) is 17.5 Å². The van der Waals surface area contributed by atoms with Crippen molar-refractivity contribution in [2.24, 2.45) is 0 Å². The Bertz CT molecular complexity index is 691. The zero-order chi connectivity index (χ0) is 13.9. The second-order valence-corrected chi connectivity index (χ2v) is 4.56. The summed E-state index contributed by atoms with van der Waals surface area (Å²) in [6.45, 7) is 1.53. The average molecular weight is 266 g/mol. The number of aromatic nitrogens is 2. The summed E-state index contributed by atoms with van der Waals surface area (Å²) in [5.41, 5.74) is 3.13. The topological polar surface area (TPSA) is 70.8 Å². The number of hydrogen-bond acceptors (Lipinski definition) is 5. The van der Waals surface area contributed by atoms with E-state index in [0.717, 1.165) is 29.8 Å². The van der Waals surface area contributed by atoms with Crippen molar-refractivity contribution >= 4 is 0 Å². The van der Waals surface area contributed by atoms with Crippen LogP contribution in [0, 0.1) is 11.3 Å². The van der Waals surface area contributed by atoms with E-state index in [4.69, 9.17) is 4.74 Å². The summed E-state index contributed by atoms with van der Waals surface area (Å²) in [6.07, 6.45) is 0.814. The van der Waals surface area contributed by atoms with Gasteiger partial charge in [-0.05, 0) is 12.1 Å². The molecule has 100 valence electrons. The van der Waals surface area contributed by atoms with E-state index in [1.165, 1.54) is 0 Å². The highest BCUT2D eigenvalue weighted by Crippen LogP contribution is 2.28. The lowest BCUT2D eigenvalue weighted by Gasteiger charge is -2.18. The van der Waals surface area contributed by atoms with E-state index in [-0.39, 0.29) is 0 Å². The number of nitrogens with one attached hydrogen (secondary N) is 1. The van der Waals surface area contributed by atoms with Crippen LogP contribution in [0.15, 0.2) is 24.3 Å². The Kier molecular flexibility index (Phi) is 3.32. The van der Waals surface area contributed by atoms with Gasteiger partial charge in [0.05, 0.1) is 18.4 Å². The maximum atomic E-state index is 9.29. The molecule has 1 aromatic carbocycles. The third-order valence-corrected chi connectivity index (χ3v) is 3.39. The smallest absolute Gasteiger partial charge is 0.164 e. The fourth-order valence-electron chi connectivity index (χ4n) is 2.39. The molecule has 3 rings (SSSR count). The van der Waals surface area contributed by atoms with Gasteiger partial charge in [-0.15, -0.1) is 0 Å². The van der Waals surface area contributed by atoms with Crippen LogP contribution in [-0.4, -0.2) is 23.6 Å². The van der Waals surface area contributed by atoms with E-state index in [2.05, 4.69) is 21.4 Å². The van der Waals surface area contributed by atoms with Crippen LogP contribution < -0.4 is 10.1 Å². The van der Waals surface area contributed by atoms with Gasteiger partial charge >= 0.3 is 0 Å². The van der Waals surface area contributed by atoms with Crippen LogP contribution >= 0.6 is 0 Å². The number of rotatable bonds is 2. The van der Waals surface area contributed by atoms with E-state index >= 15 is 0 Å². The maximum absolute atomic E-state index is 9.29. The van der Waals surface area contributed by atoms with Crippen molar-refractivity contribution in [1.82, 2.24) is 15.3 Å². The number of benzene rings is 1. The van der Waals surface area contributed by atoms with Gasteiger partial charge in [-0.3, -0.25) is 0 Å². The minimum absolute atomic E-state index is 0.447. The molecule has 0 saturated heterocycles. The van der Waals surface area contributed by atoms with Crippen LogP contribution in [0.1, 0.15) is 17.0 Å². The Morgan fingerprint density at radius 2 is 2.15 bits per heavy atom. The van der Waals surface area contributed by atoms with Gasteiger partial charge in [-0.2, -0.15) is 5.26 Å². The second-order valence-electron chi connectivity index (χ2n) is 4.56. The molecule has 2 aromatic rings. The minimum Gasteiger partial charge on any atom is -0.496 e. The number of nitriles is 1. The molecular weight excluding hydrogens is 252 g/mol. The summed E-state index contributed by atoms with van der Waals surface area (Å²) in [5.74, 6) is 1.27. The number of methoxy groups -OCH3 is 1. The van der Waals surface area contributed by atoms with Crippen molar-refractivity contribution in [3.63, 3.8) is 0 Å². The Morgan fingerprint density at radius 1 is 1.30 bits per heavy atom. The normalized spacial score (nSPS) is 13.4. The van der Waals surface area contributed by atoms with Crippen molar-refractivity contribution in [2.45, 2.75) is 13.0 Å². The summed E-state index contributed by atoms with van der Waals surface area (Å²) >= 11 is 0. The standard InChI is InChI=1S/C15H14N4O/c1-20-14-5-3-2-4-10(14)15-18-12-6-7-17-9-11(12)13(8-16)19-15/h2-5,17H,6-7,9H2,1H3. The largest absolute Gasteiger partial charge is 0.496 e. The van der Waals surface area contributed by atoms with Crippen LogP contribution in [0.2, 0.25) is 0 Å². The van der Waals surface area contributed by atoms with Gasteiger partial charge in [0, 0.05) is 25.1 Å². The Hall–Kier alpha value is -2.45. The molecule has 1 aliphatic rings. The van der Waals surface area contributed by atoms with Gasteiger partial charge in [-0.1, -0.05) is 12.1 Å². The molecule has 0 aliphatic carbocycles. The molecular formula is C15H14N4O. The van der Waals surface area contributed by atoms with E-state index in [1.54, 1.807) is 7.11 Å². The molecule has 0 spiro atoms. The van der Waals surface area contributed by atoms with Gasteiger partial charge in [0.25, 0.3) is 0 Å². The molecule has 1 N–H and O–H groups in total. The van der Waals surface area contributed by atoms with E-state index in [9.17, 15) is 5.26 Å². The van der Waals surface area contributed by atoms with E-state index < -0.39 is 0 Å². The summed E-state index contributed by atoms with van der Waals surface area (Å²) in [6, 6.07) is 9.75. The fourth-order valence-corrected chi connectivity index (χ4v) is 2.39. The van der Waals surface area contributed by atoms with Crippen molar-refractivity contribution in [3.8, 4) is 23.2 Å². The minimum atomic E-state index is 0.447. The van der Waals surface area contributed by atoms with E-state index in [1.807, 2.05) is 24.3 Å². The van der Waals surface area contributed by atoms with Crippen molar-refractivity contribution in [2.75, 3.05) is 13.7 Å². The van der Waals surface area contributed by atoms with Crippen molar-refractivity contribution in [3.05, 3.63) is 41.2 Å². The molecule has 0 amide bonds. The molecule has 0 fully saturated rings. The molecule has 2 heterocycles. The summed E-state index contributed by atoms with van der Waals surface area (Å²) in [7, 11) is 1.62. The monoisotopic (exact) mass is 266 g/mol. The first-order valence-electron chi connectivity index (χ1n) is 6.47. The van der Waals surface area contributed by atoms with Crippen LogP contribution in [0.4, 0.5) is 0 Å². The third-order valence-electron chi connectivity index (χ3n) is 3.39. The molecule has 20 heavy (non-hydrogen) atoms. The molecule has 0 radical (unpaired) electrons. The Balaban J connectivity index is 2.18. The first-order chi connectivity index (χ1) is 9.83. The van der Waals surface area contributed by atoms with Crippen LogP contribution in [0.3, 0.4) is 0 Å². The van der Waals surface area contributed by atoms with Crippen LogP contribution in [-0.2, 0) is 13.0 Å². The first kappa shape index (κ1) is 12.6. The first-order valence-corrected chi connectivity index (χ1v) is 6.47. The highest BCUT2D eigenvalue weighted by Gasteiger charge is 2.19. The fraction of sp³-hybridized carbons (Fsp3) is 0.267. The van der Waals surface area contributed by atoms with Crippen LogP contribution in [0.25, 0.3) is 11.4 Å². The number of nitrogens with zero attached hydrogens (tertiary/aromatic N) is 3. The number of hydrogen-bond donors (Lipinski definition) is 1. The predicted octanol–water partition coefficient (Wildman–Crippen LogP) is 1.67. The molecule has 1 aliphatic heterocycles. The Morgan fingerprint density at radius 3 is 2.95 bits per heavy atom. The van der Waals surface area contributed by atoms with Crippen molar-refractivity contribution < 1.29 is 4.74 Å². The van der Waals surface area contributed by atoms with Gasteiger partial charge < -0.3 is 10.1 Å². The highest BCUT2D eigenvalue weighted by molar-refractivity contribution is 5.65. The molecule has 1 aromatic heterocycles. The van der Waals surface area contributed by atoms with Gasteiger partial charge in [-0.25, -0.2) is 9.97 Å². The van der Waals surface area contributed by atoms with Crippen LogP contribution in [0.5, 0.6) is 5.75 Å². The maximum Gasteiger partial charge on any atom is 0.164 e. The molecule has 0 bridgehead atoms. The second kappa shape index (κ2) is 5.27. The number of fused-ring (bicyclic) bond motifs is 1. The zero-order valence-electron chi connectivity index (χ0n) is 11.2. The zero-order valence-corrected chi connectivity index (χ0v) is 11.2. The predicted molar refractivity (Wildman–Crippen MR) is 74.1 cm³/mol. The highest BCUT2D eigenvalue weighted by atomic mass is 16.5. The third kappa shape index (κ3) is 2.10. The molecule has 5 heteroatoms. The van der Waals surface area contributed by atoms with E-state index in [0.29, 0.717) is 23.8 Å². The lowest BCUT2D eigenvalue weighted by atomic mass is 10.0. The van der Waals surface area contributed by atoms with Crippen molar-refractivity contribution in [1.29, 1.82) is 5.26 Å². The van der Waals surface area contributed by atoms with Gasteiger partial charge in [0.15, 0.2) is 5.82 Å². The quantitative estimate of drug-likeness (QED) is 0.895.